The Morgan fingerprint density at radius 2 is 0.966 bits per heavy atom. The summed E-state index contributed by atoms with van der Waals surface area (Å²) in [4.78, 5) is 0. The van der Waals surface area contributed by atoms with Crippen LogP contribution < -0.4 is 32.9 Å². The Balaban J connectivity index is 0.00000240. The molecule has 0 spiro atoms. The Bertz CT molecular complexity index is 955. The topological polar surface area (TPSA) is 0 Å². The minimum absolute atomic E-state index is 0. The molecule has 4 aromatic rings. The summed E-state index contributed by atoms with van der Waals surface area (Å²) >= 11 is 7.46. The molecular formula is C25H20Br3P. The number of hydrogen-bond acceptors (Lipinski definition) is 0. The van der Waals surface area contributed by atoms with Crippen molar-refractivity contribution >= 4 is 55.0 Å². The van der Waals surface area contributed by atoms with Crippen molar-refractivity contribution in [2.45, 2.75) is 6.16 Å². The molecule has 0 aliphatic heterocycles. The second kappa shape index (κ2) is 10.2. The molecule has 0 nitrogen and oxygen atoms in total. The van der Waals surface area contributed by atoms with Crippen molar-refractivity contribution in [3.63, 3.8) is 0 Å². The van der Waals surface area contributed by atoms with Gasteiger partial charge < -0.3 is 17.0 Å². The van der Waals surface area contributed by atoms with E-state index >= 15 is 0 Å². The zero-order valence-corrected chi connectivity index (χ0v) is 21.3. The second-order valence-electron chi connectivity index (χ2n) is 6.71. The average Bonchev–Trinajstić information content (AvgIpc) is 2.76. The van der Waals surface area contributed by atoms with Crippen molar-refractivity contribution < 1.29 is 17.0 Å². The van der Waals surface area contributed by atoms with E-state index in [4.69, 9.17) is 0 Å². The molecule has 0 atom stereocenters. The maximum absolute atomic E-state index is 3.80. The monoisotopic (exact) mass is 588 g/mol. The van der Waals surface area contributed by atoms with E-state index < -0.39 is 7.26 Å². The number of benzene rings is 4. The van der Waals surface area contributed by atoms with E-state index in [1.807, 2.05) is 0 Å². The number of halogens is 3. The van der Waals surface area contributed by atoms with Crippen molar-refractivity contribution in [1.82, 2.24) is 0 Å². The molecule has 0 radical (unpaired) electrons. The van der Waals surface area contributed by atoms with Crippen LogP contribution in [-0.2, 0) is 6.16 Å². The first-order chi connectivity index (χ1) is 13.7. The molecule has 0 saturated carbocycles. The van der Waals surface area contributed by atoms with Gasteiger partial charge in [-0.05, 0) is 54.6 Å². The molecule has 146 valence electrons. The van der Waals surface area contributed by atoms with Crippen molar-refractivity contribution in [3.8, 4) is 0 Å². The SMILES string of the molecule is Brc1ccc(Br)c(C[P+](c2ccccc2)(c2ccccc2)c2ccccc2)c1.[Br-]. The first kappa shape index (κ1) is 22.4. The molecule has 0 heterocycles. The predicted octanol–water partition coefficient (Wildman–Crippen LogP) is 3.71. The molecule has 4 heteroatoms. The minimum atomic E-state index is -1.87. The number of hydrogen-bond donors (Lipinski definition) is 0. The summed E-state index contributed by atoms with van der Waals surface area (Å²) in [5.74, 6) is 0. The summed E-state index contributed by atoms with van der Waals surface area (Å²) in [6.07, 6.45) is 0.963. The summed E-state index contributed by atoms with van der Waals surface area (Å²) in [7, 11) is -1.87. The zero-order chi connectivity index (χ0) is 19.4. The molecule has 4 rings (SSSR count). The molecule has 0 unspecified atom stereocenters. The summed E-state index contributed by atoms with van der Waals surface area (Å²) in [6.45, 7) is 0. The Kier molecular flexibility index (Phi) is 7.87. The molecule has 0 bridgehead atoms. The zero-order valence-electron chi connectivity index (χ0n) is 15.7. The first-order valence-corrected chi connectivity index (χ1v) is 12.7. The highest BCUT2D eigenvalue weighted by Crippen LogP contribution is 2.58. The van der Waals surface area contributed by atoms with E-state index in [1.165, 1.54) is 21.5 Å². The molecule has 0 amide bonds. The van der Waals surface area contributed by atoms with Gasteiger partial charge in [-0.3, -0.25) is 0 Å². The fourth-order valence-electron chi connectivity index (χ4n) is 3.69. The van der Waals surface area contributed by atoms with E-state index in [-0.39, 0.29) is 17.0 Å². The Morgan fingerprint density at radius 1 is 0.552 bits per heavy atom. The van der Waals surface area contributed by atoms with Crippen molar-refractivity contribution in [1.29, 1.82) is 0 Å². The third kappa shape index (κ3) is 4.75. The molecule has 29 heavy (non-hydrogen) atoms. The fraction of sp³-hybridized carbons (Fsp3) is 0.0400. The van der Waals surface area contributed by atoms with Crippen molar-refractivity contribution in [2.24, 2.45) is 0 Å². The second-order valence-corrected chi connectivity index (χ2v) is 12.0. The molecule has 0 aliphatic rings. The lowest BCUT2D eigenvalue weighted by Crippen LogP contribution is -3.00. The smallest absolute Gasteiger partial charge is 0.116 e. The van der Waals surface area contributed by atoms with Gasteiger partial charge in [-0.1, -0.05) is 86.5 Å². The van der Waals surface area contributed by atoms with Crippen LogP contribution in [0.2, 0.25) is 0 Å². The third-order valence-corrected chi connectivity index (χ3v) is 10.6. The van der Waals surface area contributed by atoms with Crippen LogP contribution in [0.4, 0.5) is 0 Å². The molecular weight excluding hydrogens is 571 g/mol. The van der Waals surface area contributed by atoms with Gasteiger partial charge >= 0.3 is 0 Å². The molecule has 0 saturated heterocycles. The molecule has 0 aliphatic carbocycles. The van der Waals surface area contributed by atoms with E-state index in [2.05, 4.69) is 141 Å². The fourth-order valence-corrected chi connectivity index (χ4v) is 8.96. The van der Waals surface area contributed by atoms with Gasteiger partial charge in [0, 0.05) is 14.5 Å². The summed E-state index contributed by atoms with van der Waals surface area (Å²) < 4.78 is 2.26. The Morgan fingerprint density at radius 3 is 1.38 bits per heavy atom. The van der Waals surface area contributed by atoms with Gasteiger partial charge in [-0.2, -0.15) is 0 Å². The van der Waals surface area contributed by atoms with Crippen LogP contribution in [0.3, 0.4) is 0 Å². The van der Waals surface area contributed by atoms with Gasteiger partial charge in [0.15, 0.2) is 0 Å². The summed E-state index contributed by atoms with van der Waals surface area (Å²) in [5, 5.41) is 4.21. The maximum Gasteiger partial charge on any atom is 0.116 e. The van der Waals surface area contributed by atoms with Crippen LogP contribution in [0, 0.1) is 0 Å². The van der Waals surface area contributed by atoms with Gasteiger partial charge in [-0.15, -0.1) is 0 Å². The average molecular weight is 591 g/mol. The molecule has 0 aromatic heterocycles. The van der Waals surface area contributed by atoms with Crippen LogP contribution in [0.25, 0.3) is 0 Å². The van der Waals surface area contributed by atoms with Crippen LogP contribution in [-0.4, -0.2) is 0 Å². The van der Waals surface area contributed by atoms with Crippen LogP contribution in [0.5, 0.6) is 0 Å². The highest BCUT2D eigenvalue weighted by Gasteiger charge is 2.45. The van der Waals surface area contributed by atoms with Gasteiger partial charge in [0.05, 0.1) is 6.16 Å². The summed E-state index contributed by atoms with van der Waals surface area (Å²) in [6, 6.07) is 39.5. The third-order valence-electron chi connectivity index (χ3n) is 5.01. The van der Waals surface area contributed by atoms with Crippen LogP contribution >= 0.6 is 39.1 Å². The van der Waals surface area contributed by atoms with Crippen molar-refractivity contribution in [3.05, 3.63) is 124 Å². The normalized spacial score (nSPS) is 11.0. The van der Waals surface area contributed by atoms with E-state index in [0.29, 0.717) is 0 Å². The highest BCUT2D eigenvalue weighted by atomic mass is 79.9. The largest absolute Gasteiger partial charge is 1.00 e. The lowest BCUT2D eigenvalue weighted by molar-refractivity contribution is -0.00000518. The highest BCUT2D eigenvalue weighted by molar-refractivity contribution is 9.11. The minimum Gasteiger partial charge on any atom is -1.00 e. The van der Waals surface area contributed by atoms with E-state index in [1.54, 1.807) is 0 Å². The molecule has 0 N–H and O–H groups in total. The lowest BCUT2D eigenvalue weighted by atomic mass is 10.2. The Hall–Kier alpha value is -1.25. The van der Waals surface area contributed by atoms with Gasteiger partial charge in [-0.25, -0.2) is 0 Å². The predicted molar refractivity (Wildman–Crippen MR) is 131 cm³/mol. The Labute approximate surface area is 200 Å². The van der Waals surface area contributed by atoms with Crippen LogP contribution in [0.15, 0.2) is 118 Å². The van der Waals surface area contributed by atoms with Gasteiger partial charge in [0.1, 0.15) is 23.2 Å². The molecule has 0 fully saturated rings. The van der Waals surface area contributed by atoms with Gasteiger partial charge in [0.25, 0.3) is 0 Å². The first-order valence-electron chi connectivity index (χ1n) is 9.19. The van der Waals surface area contributed by atoms with E-state index in [9.17, 15) is 0 Å². The van der Waals surface area contributed by atoms with Crippen LogP contribution in [0.1, 0.15) is 5.56 Å². The van der Waals surface area contributed by atoms with Gasteiger partial charge in [0.2, 0.25) is 0 Å². The quantitative estimate of drug-likeness (QED) is 0.311. The van der Waals surface area contributed by atoms with E-state index in [0.717, 1.165) is 15.1 Å². The maximum atomic E-state index is 3.80. The standard InChI is InChI=1S/C25H20Br2P.BrH/c26-21-16-17-25(27)20(18-21)19-28(22-10-4-1-5-11-22,23-12-6-2-7-13-23)24-14-8-3-9-15-24;/h1-18H,19H2;1H/q+1;/p-1. The summed E-state index contributed by atoms with van der Waals surface area (Å²) in [5.41, 5.74) is 1.32. The lowest BCUT2D eigenvalue weighted by Gasteiger charge is -2.28. The molecule has 4 aromatic carbocycles. The number of rotatable bonds is 5. The van der Waals surface area contributed by atoms with Crippen molar-refractivity contribution in [2.75, 3.05) is 0 Å².